The summed E-state index contributed by atoms with van der Waals surface area (Å²) in [5, 5.41) is 2.92. The van der Waals surface area contributed by atoms with E-state index in [-0.39, 0.29) is 35.7 Å². The molecular weight excluding hydrogens is 322 g/mol. The Bertz CT molecular complexity index is 666. The number of nitrogens with one attached hydrogen (secondary N) is 1. The summed E-state index contributed by atoms with van der Waals surface area (Å²) < 4.78 is 5.11. The molecule has 7 nitrogen and oxygen atoms in total. The van der Waals surface area contributed by atoms with Gasteiger partial charge in [-0.15, -0.1) is 0 Å². The number of carbonyl (C=O) groups excluding carboxylic acids is 3. The molecule has 0 spiro atoms. The molecule has 0 bridgehead atoms. The number of nitrogens with zero attached hydrogens (tertiary/aromatic N) is 2. The molecule has 134 valence electrons. The lowest BCUT2D eigenvalue weighted by atomic mass is 9.93. The molecule has 2 atom stereocenters. The summed E-state index contributed by atoms with van der Waals surface area (Å²) >= 11 is 0. The number of piperidine rings is 1. The predicted octanol–water partition coefficient (Wildman–Crippen LogP) is 2.14. The summed E-state index contributed by atoms with van der Waals surface area (Å²) in [7, 11) is 0. The monoisotopic (exact) mass is 345 g/mol. The highest BCUT2D eigenvalue weighted by Gasteiger charge is 2.50. The van der Waals surface area contributed by atoms with Crippen LogP contribution in [0, 0.1) is 0 Å². The van der Waals surface area contributed by atoms with Crippen molar-refractivity contribution in [3.05, 3.63) is 24.2 Å². The molecule has 0 aromatic carbocycles. The normalized spacial score (nSPS) is 27.5. The second kappa shape index (κ2) is 6.54. The molecule has 1 aliphatic carbocycles. The number of hydrogen-bond donors (Lipinski definition) is 1. The highest BCUT2D eigenvalue weighted by molar-refractivity contribution is 6.04. The van der Waals surface area contributed by atoms with Gasteiger partial charge >= 0.3 is 6.03 Å². The van der Waals surface area contributed by atoms with Crippen molar-refractivity contribution in [3.8, 4) is 0 Å². The van der Waals surface area contributed by atoms with Crippen LogP contribution in [0.15, 0.2) is 22.8 Å². The molecule has 1 aromatic rings. The minimum Gasteiger partial charge on any atom is -0.459 e. The summed E-state index contributed by atoms with van der Waals surface area (Å²) in [6, 6.07) is 2.62. The van der Waals surface area contributed by atoms with Gasteiger partial charge in [0, 0.05) is 18.6 Å². The lowest BCUT2D eigenvalue weighted by Gasteiger charge is -2.32. The molecule has 2 aliphatic heterocycles. The summed E-state index contributed by atoms with van der Waals surface area (Å²) in [6.45, 7) is 0.502. The van der Waals surface area contributed by atoms with E-state index in [9.17, 15) is 14.4 Å². The van der Waals surface area contributed by atoms with Gasteiger partial charge in [0.25, 0.3) is 11.8 Å². The average Bonchev–Trinajstić information content (AvgIpc) is 3.24. The molecule has 1 saturated carbocycles. The first-order chi connectivity index (χ1) is 12.1. The summed E-state index contributed by atoms with van der Waals surface area (Å²) in [6.07, 6.45) is 7.75. The maximum absolute atomic E-state index is 12.8. The Morgan fingerprint density at radius 3 is 2.68 bits per heavy atom. The zero-order valence-corrected chi connectivity index (χ0v) is 14.1. The van der Waals surface area contributed by atoms with E-state index in [0.29, 0.717) is 19.4 Å². The number of imide groups is 1. The van der Waals surface area contributed by atoms with Gasteiger partial charge in [0.05, 0.1) is 6.26 Å². The van der Waals surface area contributed by atoms with Crippen LogP contribution in [0.3, 0.4) is 0 Å². The van der Waals surface area contributed by atoms with Crippen LogP contribution in [0.4, 0.5) is 4.79 Å². The van der Waals surface area contributed by atoms with Crippen molar-refractivity contribution in [1.82, 2.24) is 15.1 Å². The molecular formula is C18H23N3O4. The third kappa shape index (κ3) is 2.92. The van der Waals surface area contributed by atoms with Crippen LogP contribution in [-0.4, -0.2) is 52.3 Å². The molecule has 1 aromatic heterocycles. The van der Waals surface area contributed by atoms with Gasteiger partial charge < -0.3 is 14.6 Å². The second-order valence-electron chi connectivity index (χ2n) is 7.16. The quantitative estimate of drug-likeness (QED) is 0.851. The van der Waals surface area contributed by atoms with Gasteiger partial charge in [0.1, 0.15) is 6.04 Å². The van der Waals surface area contributed by atoms with E-state index in [1.54, 1.807) is 17.0 Å². The van der Waals surface area contributed by atoms with Crippen molar-refractivity contribution in [2.75, 3.05) is 6.54 Å². The van der Waals surface area contributed by atoms with Crippen LogP contribution < -0.4 is 5.32 Å². The minimum atomic E-state index is -0.440. The molecule has 0 radical (unpaired) electrons. The second-order valence-corrected chi connectivity index (χ2v) is 7.16. The molecule has 4 rings (SSSR count). The van der Waals surface area contributed by atoms with E-state index in [0.717, 1.165) is 25.7 Å². The smallest absolute Gasteiger partial charge is 0.327 e. The zero-order valence-electron chi connectivity index (χ0n) is 14.1. The number of urea groups is 1. The van der Waals surface area contributed by atoms with Crippen molar-refractivity contribution < 1.29 is 18.8 Å². The van der Waals surface area contributed by atoms with Crippen molar-refractivity contribution in [2.24, 2.45) is 0 Å². The van der Waals surface area contributed by atoms with Gasteiger partial charge in [-0.05, 0) is 37.8 Å². The van der Waals surface area contributed by atoms with E-state index in [1.807, 2.05) is 0 Å². The maximum atomic E-state index is 12.8. The van der Waals surface area contributed by atoms with Gasteiger partial charge in [-0.2, -0.15) is 0 Å². The fraction of sp³-hybridized carbons (Fsp3) is 0.611. The first-order valence-electron chi connectivity index (χ1n) is 9.13. The largest absolute Gasteiger partial charge is 0.459 e. The van der Waals surface area contributed by atoms with Crippen molar-refractivity contribution >= 4 is 17.8 Å². The van der Waals surface area contributed by atoms with Gasteiger partial charge in [0.15, 0.2) is 5.76 Å². The molecule has 2 saturated heterocycles. The number of furan rings is 1. The summed E-state index contributed by atoms with van der Waals surface area (Å²) in [4.78, 5) is 40.9. The van der Waals surface area contributed by atoms with Crippen LogP contribution in [0.1, 0.15) is 55.5 Å². The molecule has 3 heterocycles. The van der Waals surface area contributed by atoms with E-state index >= 15 is 0 Å². The third-order valence-corrected chi connectivity index (χ3v) is 5.60. The van der Waals surface area contributed by atoms with Crippen molar-refractivity contribution in [3.63, 3.8) is 0 Å². The van der Waals surface area contributed by atoms with Crippen molar-refractivity contribution in [1.29, 1.82) is 0 Å². The van der Waals surface area contributed by atoms with Gasteiger partial charge in [-0.1, -0.05) is 19.3 Å². The molecule has 3 aliphatic rings. The molecule has 3 fully saturated rings. The predicted molar refractivity (Wildman–Crippen MR) is 88.8 cm³/mol. The molecule has 0 unspecified atom stereocenters. The maximum Gasteiger partial charge on any atom is 0.327 e. The Morgan fingerprint density at radius 2 is 1.96 bits per heavy atom. The number of amides is 4. The first kappa shape index (κ1) is 16.2. The zero-order chi connectivity index (χ0) is 17.4. The topological polar surface area (TPSA) is 82.9 Å². The first-order valence-corrected chi connectivity index (χ1v) is 9.13. The molecule has 25 heavy (non-hydrogen) atoms. The average molecular weight is 345 g/mol. The van der Waals surface area contributed by atoms with E-state index < -0.39 is 6.04 Å². The number of hydrogen-bond acceptors (Lipinski definition) is 4. The lowest BCUT2D eigenvalue weighted by Crippen LogP contribution is -2.49. The standard InChI is InChI=1S/C18H23N3O4/c22-16(15-7-4-10-25-15)19-12-8-9-20-14(11-12)17(23)21(18(20)24)13-5-2-1-3-6-13/h4,7,10,12-14H,1-3,5-6,8-9,11H2,(H,19,22)/t12-,14-/m0/s1. The molecule has 4 amide bonds. The van der Waals surface area contributed by atoms with Crippen LogP contribution in [0.25, 0.3) is 0 Å². The SMILES string of the molecule is O=C(N[C@H]1CCN2C(=O)N(C3CCCCC3)C(=O)[C@@H]2C1)c1ccco1. The fourth-order valence-electron chi connectivity index (χ4n) is 4.29. The Hall–Kier alpha value is -2.31. The summed E-state index contributed by atoms with van der Waals surface area (Å²) in [5.41, 5.74) is 0. The van der Waals surface area contributed by atoms with E-state index in [2.05, 4.69) is 5.32 Å². The number of fused-ring (bicyclic) bond motifs is 1. The number of rotatable bonds is 3. The lowest BCUT2D eigenvalue weighted by molar-refractivity contribution is -0.130. The highest BCUT2D eigenvalue weighted by Crippen LogP contribution is 2.32. The third-order valence-electron chi connectivity index (χ3n) is 5.60. The Labute approximate surface area is 146 Å². The van der Waals surface area contributed by atoms with Crippen LogP contribution in [0.5, 0.6) is 0 Å². The van der Waals surface area contributed by atoms with Gasteiger partial charge in [-0.25, -0.2) is 4.79 Å². The Morgan fingerprint density at radius 1 is 1.16 bits per heavy atom. The highest BCUT2D eigenvalue weighted by atomic mass is 16.3. The van der Waals surface area contributed by atoms with Crippen LogP contribution in [0.2, 0.25) is 0 Å². The van der Waals surface area contributed by atoms with E-state index in [4.69, 9.17) is 4.42 Å². The van der Waals surface area contributed by atoms with Gasteiger partial charge in [0.2, 0.25) is 0 Å². The Balaban J connectivity index is 1.43. The minimum absolute atomic E-state index is 0.0514. The molecule has 7 heteroatoms. The van der Waals surface area contributed by atoms with Crippen molar-refractivity contribution in [2.45, 2.75) is 63.1 Å². The van der Waals surface area contributed by atoms with Crippen LogP contribution >= 0.6 is 0 Å². The fourth-order valence-corrected chi connectivity index (χ4v) is 4.29. The number of carbonyl (C=O) groups is 3. The van der Waals surface area contributed by atoms with Gasteiger partial charge in [-0.3, -0.25) is 14.5 Å². The summed E-state index contributed by atoms with van der Waals surface area (Å²) in [5.74, 6) is -0.0988. The van der Waals surface area contributed by atoms with E-state index in [1.165, 1.54) is 17.6 Å². The Kier molecular flexibility index (Phi) is 4.23. The molecule has 1 N–H and O–H groups in total. The van der Waals surface area contributed by atoms with Crippen LogP contribution in [-0.2, 0) is 4.79 Å².